The van der Waals surface area contributed by atoms with Gasteiger partial charge in [-0.25, -0.2) is 8.42 Å². The molecule has 1 aliphatic carbocycles. The summed E-state index contributed by atoms with van der Waals surface area (Å²) in [4.78, 5) is 28.1. The van der Waals surface area contributed by atoms with Gasteiger partial charge in [0.05, 0.1) is 17.0 Å². The zero-order valence-corrected chi connectivity index (χ0v) is 22.5. The molecule has 0 unspecified atom stereocenters. The molecule has 1 aliphatic rings. The van der Waals surface area contributed by atoms with Crippen molar-refractivity contribution in [3.8, 4) is 0 Å². The number of hydrogen-bond acceptors (Lipinski definition) is 4. The van der Waals surface area contributed by atoms with Crippen LogP contribution in [0.4, 0.5) is 5.69 Å². The minimum Gasteiger partial charge on any atom is -0.352 e. The molecule has 35 heavy (non-hydrogen) atoms. The maximum absolute atomic E-state index is 13.6. The van der Waals surface area contributed by atoms with Crippen molar-refractivity contribution in [3.63, 3.8) is 0 Å². The molecule has 0 spiro atoms. The Morgan fingerprint density at radius 3 is 2.37 bits per heavy atom. The Balaban J connectivity index is 1.91. The van der Waals surface area contributed by atoms with E-state index in [0.29, 0.717) is 5.02 Å². The quantitative estimate of drug-likeness (QED) is 0.506. The molecule has 0 heterocycles. The molecule has 190 valence electrons. The number of sulfonamides is 1. The number of halogens is 2. The van der Waals surface area contributed by atoms with Gasteiger partial charge >= 0.3 is 0 Å². The van der Waals surface area contributed by atoms with Crippen molar-refractivity contribution in [1.29, 1.82) is 0 Å². The summed E-state index contributed by atoms with van der Waals surface area (Å²) in [5, 5.41) is 3.49. The van der Waals surface area contributed by atoms with Gasteiger partial charge in [-0.1, -0.05) is 60.3 Å². The lowest BCUT2D eigenvalue weighted by Crippen LogP contribution is -2.52. The predicted molar refractivity (Wildman–Crippen MR) is 140 cm³/mol. The Bertz CT molecular complexity index is 1180. The Hall–Kier alpha value is -2.29. The van der Waals surface area contributed by atoms with Crippen molar-refractivity contribution in [2.75, 3.05) is 17.1 Å². The second-order valence-electron chi connectivity index (χ2n) is 8.98. The first kappa shape index (κ1) is 27.3. The molecule has 1 N–H and O–H groups in total. The van der Waals surface area contributed by atoms with Crippen LogP contribution in [0.5, 0.6) is 0 Å². The first-order valence-corrected chi connectivity index (χ1v) is 14.1. The lowest BCUT2D eigenvalue weighted by atomic mass is 10.1. The highest BCUT2D eigenvalue weighted by molar-refractivity contribution is 7.92. The molecule has 0 aromatic heterocycles. The number of nitrogens with zero attached hydrogens (tertiary/aromatic N) is 2. The summed E-state index contributed by atoms with van der Waals surface area (Å²) in [6, 6.07) is 11.3. The number of aryl methyl sites for hydroxylation is 1. The van der Waals surface area contributed by atoms with E-state index in [1.807, 2.05) is 31.2 Å². The molecule has 2 aromatic carbocycles. The van der Waals surface area contributed by atoms with E-state index in [2.05, 4.69) is 5.32 Å². The van der Waals surface area contributed by atoms with E-state index in [9.17, 15) is 18.0 Å². The second kappa shape index (κ2) is 11.6. The Kier molecular flexibility index (Phi) is 9.07. The van der Waals surface area contributed by atoms with Crippen LogP contribution in [0.2, 0.25) is 10.0 Å². The summed E-state index contributed by atoms with van der Waals surface area (Å²) >= 11 is 12.2. The van der Waals surface area contributed by atoms with E-state index >= 15 is 0 Å². The molecule has 1 fully saturated rings. The van der Waals surface area contributed by atoms with Crippen LogP contribution in [0.1, 0.15) is 43.7 Å². The van der Waals surface area contributed by atoms with E-state index in [1.165, 1.54) is 23.1 Å². The monoisotopic (exact) mass is 539 g/mol. The number of hydrogen-bond donors (Lipinski definition) is 1. The molecule has 0 bridgehead atoms. The zero-order valence-electron chi connectivity index (χ0n) is 20.1. The van der Waals surface area contributed by atoms with Crippen LogP contribution in [-0.2, 0) is 26.2 Å². The van der Waals surface area contributed by atoms with Gasteiger partial charge in [0.15, 0.2) is 0 Å². The molecule has 3 rings (SSSR count). The van der Waals surface area contributed by atoms with Crippen molar-refractivity contribution >= 4 is 50.7 Å². The van der Waals surface area contributed by atoms with Crippen LogP contribution in [-0.4, -0.2) is 50.0 Å². The second-order valence-corrected chi connectivity index (χ2v) is 11.7. The normalized spacial score (nSPS) is 15.0. The Morgan fingerprint density at radius 1 is 1.11 bits per heavy atom. The number of benzene rings is 2. The van der Waals surface area contributed by atoms with Gasteiger partial charge < -0.3 is 10.2 Å². The van der Waals surface area contributed by atoms with E-state index in [1.54, 1.807) is 6.92 Å². The van der Waals surface area contributed by atoms with Crippen molar-refractivity contribution in [3.05, 3.63) is 63.6 Å². The fourth-order valence-electron chi connectivity index (χ4n) is 4.22. The summed E-state index contributed by atoms with van der Waals surface area (Å²) < 4.78 is 26.3. The highest BCUT2D eigenvalue weighted by Crippen LogP contribution is 2.30. The van der Waals surface area contributed by atoms with Crippen LogP contribution in [0.15, 0.2) is 42.5 Å². The van der Waals surface area contributed by atoms with Gasteiger partial charge in [0.25, 0.3) is 0 Å². The fraction of sp³-hybridized carbons (Fsp3) is 0.440. The fourth-order valence-corrected chi connectivity index (χ4v) is 5.65. The van der Waals surface area contributed by atoms with Gasteiger partial charge in [0.2, 0.25) is 21.8 Å². The van der Waals surface area contributed by atoms with Gasteiger partial charge in [-0.2, -0.15) is 0 Å². The number of rotatable bonds is 9. The van der Waals surface area contributed by atoms with Gasteiger partial charge in [0, 0.05) is 17.6 Å². The Morgan fingerprint density at radius 2 is 1.77 bits per heavy atom. The molecular weight excluding hydrogens is 509 g/mol. The van der Waals surface area contributed by atoms with E-state index in [0.717, 1.165) is 47.4 Å². The summed E-state index contributed by atoms with van der Waals surface area (Å²) in [6.45, 7) is 3.25. The van der Waals surface area contributed by atoms with Gasteiger partial charge in [-0.3, -0.25) is 13.9 Å². The van der Waals surface area contributed by atoms with E-state index < -0.39 is 28.5 Å². The minimum absolute atomic E-state index is 0.0979. The van der Waals surface area contributed by atoms with Crippen LogP contribution in [0.3, 0.4) is 0 Å². The number of nitrogens with one attached hydrogen (secondary N) is 1. The van der Waals surface area contributed by atoms with Crippen LogP contribution in [0, 0.1) is 6.92 Å². The molecule has 0 saturated heterocycles. The van der Waals surface area contributed by atoms with Gasteiger partial charge in [0.1, 0.15) is 12.6 Å². The number of carbonyl (C=O) groups is 2. The summed E-state index contributed by atoms with van der Waals surface area (Å²) in [5.74, 6) is -0.770. The third-order valence-electron chi connectivity index (χ3n) is 6.33. The van der Waals surface area contributed by atoms with Crippen LogP contribution < -0.4 is 9.62 Å². The number of amides is 2. The van der Waals surface area contributed by atoms with Crippen LogP contribution >= 0.6 is 23.2 Å². The average Bonchev–Trinajstić information content (AvgIpc) is 3.29. The molecule has 0 aliphatic heterocycles. The first-order valence-electron chi connectivity index (χ1n) is 11.5. The van der Waals surface area contributed by atoms with Crippen molar-refractivity contribution in [2.24, 2.45) is 0 Å². The van der Waals surface area contributed by atoms with Crippen molar-refractivity contribution in [2.45, 2.75) is 58.2 Å². The number of carbonyl (C=O) groups excluding carboxylic acids is 2. The smallest absolute Gasteiger partial charge is 0.244 e. The SMILES string of the molecule is Cc1ccccc1CN(C(=O)CN(c1ccc(Cl)cc1Cl)S(C)(=O)=O)[C@H](C)C(=O)NC1CCCC1. The predicted octanol–water partition coefficient (Wildman–Crippen LogP) is 4.54. The van der Waals surface area contributed by atoms with E-state index in [-0.39, 0.29) is 29.2 Å². The molecule has 0 radical (unpaired) electrons. The molecule has 10 heteroatoms. The molecule has 1 saturated carbocycles. The molecular formula is C25H31Cl2N3O4S. The molecule has 2 aromatic rings. The lowest BCUT2D eigenvalue weighted by Gasteiger charge is -2.32. The molecule has 1 atom stereocenters. The Labute approximate surface area is 217 Å². The summed E-state index contributed by atoms with van der Waals surface area (Å²) in [5.41, 5.74) is 1.98. The topological polar surface area (TPSA) is 86.8 Å². The van der Waals surface area contributed by atoms with Crippen LogP contribution in [0.25, 0.3) is 0 Å². The lowest BCUT2D eigenvalue weighted by molar-refractivity contribution is -0.139. The van der Waals surface area contributed by atoms with Gasteiger partial charge in [-0.05, 0) is 56.0 Å². The largest absolute Gasteiger partial charge is 0.352 e. The third kappa shape index (κ3) is 7.12. The standard InChI is InChI=1S/C25H31Cl2N3O4S/c1-17-8-4-5-9-19(17)15-29(18(2)25(32)28-21-10-6-7-11-21)24(31)16-30(35(3,33)34)23-13-12-20(26)14-22(23)27/h4-5,8-9,12-14,18,21H,6-7,10-11,15-16H2,1-3H3,(H,28,32)/t18-/m1/s1. The first-order chi connectivity index (χ1) is 16.5. The molecule has 7 nitrogen and oxygen atoms in total. The zero-order chi connectivity index (χ0) is 25.8. The van der Waals surface area contributed by atoms with Crippen molar-refractivity contribution < 1.29 is 18.0 Å². The van der Waals surface area contributed by atoms with E-state index in [4.69, 9.17) is 23.2 Å². The maximum atomic E-state index is 13.6. The average molecular weight is 541 g/mol. The molecule has 2 amide bonds. The summed E-state index contributed by atoms with van der Waals surface area (Å²) in [7, 11) is -3.87. The van der Waals surface area contributed by atoms with Crippen molar-refractivity contribution in [1.82, 2.24) is 10.2 Å². The summed E-state index contributed by atoms with van der Waals surface area (Å²) in [6.07, 6.45) is 4.97. The highest BCUT2D eigenvalue weighted by Gasteiger charge is 2.32. The maximum Gasteiger partial charge on any atom is 0.244 e. The number of anilines is 1. The minimum atomic E-state index is -3.87. The third-order valence-corrected chi connectivity index (χ3v) is 7.99. The highest BCUT2D eigenvalue weighted by atomic mass is 35.5. The van der Waals surface area contributed by atoms with Gasteiger partial charge in [-0.15, -0.1) is 0 Å².